The average molecular weight is 238 g/mol. The molecule has 4 heteroatoms. The summed E-state index contributed by atoms with van der Waals surface area (Å²) in [6.45, 7) is 2.69. The van der Waals surface area contributed by atoms with Gasteiger partial charge in [0.1, 0.15) is 0 Å². The third kappa shape index (κ3) is 2.62. The van der Waals surface area contributed by atoms with Gasteiger partial charge in [-0.15, -0.1) is 11.3 Å². The summed E-state index contributed by atoms with van der Waals surface area (Å²) in [5.74, 6) is 0.789. The predicted molar refractivity (Wildman–Crippen MR) is 64.8 cm³/mol. The van der Waals surface area contributed by atoms with Crippen LogP contribution in [0.15, 0.2) is 5.38 Å². The number of ether oxygens (including phenoxy) is 1. The molecule has 0 amide bonds. The lowest BCUT2D eigenvalue weighted by Gasteiger charge is -2.22. The lowest BCUT2D eigenvalue weighted by atomic mass is 10.1. The Balaban J connectivity index is 1.49. The average Bonchev–Trinajstić information content (AvgIpc) is 3.08. The van der Waals surface area contributed by atoms with Gasteiger partial charge in [0, 0.05) is 30.5 Å². The SMILES string of the molecule is c1sc(C2CC2)nc1CNC1CCCOC1. The van der Waals surface area contributed by atoms with E-state index in [1.807, 2.05) is 11.3 Å². The van der Waals surface area contributed by atoms with Gasteiger partial charge in [-0.3, -0.25) is 0 Å². The minimum absolute atomic E-state index is 0.528. The molecule has 1 aromatic rings. The first kappa shape index (κ1) is 10.7. The highest BCUT2D eigenvalue weighted by molar-refractivity contribution is 7.09. The van der Waals surface area contributed by atoms with Crippen LogP contribution in [0, 0.1) is 0 Å². The lowest BCUT2D eigenvalue weighted by Crippen LogP contribution is -2.36. The van der Waals surface area contributed by atoms with Gasteiger partial charge in [-0.1, -0.05) is 0 Å². The largest absolute Gasteiger partial charge is 0.380 e. The molecule has 1 atom stereocenters. The Morgan fingerprint density at radius 2 is 2.38 bits per heavy atom. The van der Waals surface area contributed by atoms with Crippen molar-refractivity contribution in [3.8, 4) is 0 Å². The van der Waals surface area contributed by atoms with Crippen molar-refractivity contribution in [3.05, 3.63) is 16.1 Å². The van der Waals surface area contributed by atoms with E-state index in [9.17, 15) is 0 Å². The zero-order valence-electron chi connectivity index (χ0n) is 9.45. The third-order valence-corrected chi connectivity index (χ3v) is 4.28. The summed E-state index contributed by atoms with van der Waals surface area (Å²) < 4.78 is 5.44. The van der Waals surface area contributed by atoms with Gasteiger partial charge < -0.3 is 10.1 Å². The van der Waals surface area contributed by atoms with E-state index in [4.69, 9.17) is 4.74 Å². The molecule has 16 heavy (non-hydrogen) atoms. The molecule has 88 valence electrons. The van der Waals surface area contributed by atoms with Crippen LogP contribution in [0.25, 0.3) is 0 Å². The first-order chi connectivity index (χ1) is 7.92. The van der Waals surface area contributed by atoms with Gasteiger partial charge in [-0.25, -0.2) is 4.98 Å². The fourth-order valence-electron chi connectivity index (χ4n) is 2.07. The van der Waals surface area contributed by atoms with Crippen LogP contribution in [-0.2, 0) is 11.3 Å². The standard InChI is InChI=1S/C12H18N2OS/c1-2-10(7-15-5-1)13-6-11-8-16-12(14-11)9-3-4-9/h8-10,13H,1-7H2. The Morgan fingerprint density at radius 1 is 1.44 bits per heavy atom. The smallest absolute Gasteiger partial charge is 0.0959 e. The Morgan fingerprint density at radius 3 is 3.12 bits per heavy atom. The molecular weight excluding hydrogens is 220 g/mol. The first-order valence-electron chi connectivity index (χ1n) is 6.17. The fourth-order valence-corrected chi connectivity index (χ4v) is 3.06. The number of nitrogens with one attached hydrogen (secondary N) is 1. The summed E-state index contributed by atoms with van der Waals surface area (Å²) in [4.78, 5) is 4.67. The fraction of sp³-hybridized carbons (Fsp3) is 0.750. The number of nitrogens with zero attached hydrogens (tertiary/aromatic N) is 1. The van der Waals surface area contributed by atoms with Crippen LogP contribution in [0.2, 0.25) is 0 Å². The molecule has 2 fully saturated rings. The maximum atomic E-state index is 5.44. The summed E-state index contributed by atoms with van der Waals surface area (Å²) >= 11 is 1.82. The normalized spacial score (nSPS) is 25.9. The molecular formula is C12H18N2OS. The van der Waals surface area contributed by atoms with Crippen molar-refractivity contribution in [3.63, 3.8) is 0 Å². The van der Waals surface area contributed by atoms with E-state index in [1.54, 1.807) is 0 Å². The highest BCUT2D eigenvalue weighted by Gasteiger charge is 2.26. The molecule has 1 aromatic heterocycles. The number of rotatable bonds is 4. The van der Waals surface area contributed by atoms with Crippen molar-refractivity contribution in [2.24, 2.45) is 0 Å². The van der Waals surface area contributed by atoms with Gasteiger partial charge in [0.15, 0.2) is 0 Å². The van der Waals surface area contributed by atoms with Crippen molar-refractivity contribution in [2.45, 2.75) is 44.2 Å². The van der Waals surface area contributed by atoms with Crippen LogP contribution in [-0.4, -0.2) is 24.2 Å². The van der Waals surface area contributed by atoms with E-state index in [0.717, 1.165) is 25.7 Å². The molecule has 1 aliphatic heterocycles. The van der Waals surface area contributed by atoms with Gasteiger partial charge in [0.2, 0.25) is 0 Å². The summed E-state index contributed by atoms with van der Waals surface area (Å²) in [5.41, 5.74) is 1.21. The van der Waals surface area contributed by atoms with E-state index in [-0.39, 0.29) is 0 Å². The summed E-state index contributed by atoms with van der Waals surface area (Å²) in [6.07, 6.45) is 5.11. The van der Waals surface area contributed by atoms with E-state index < -0.39 is 0 Å². The van der Waals surface area contributed by atoms with Crippen LogP contribution in [0.3, 0.4) is 0 Å². The summed E-state index contributed by atoms with van der Waals surface area (Å²) in [7, 11) is 0. The van der Waals surface area contributed by atoms with Crippen LogP contribution in [0.5, 0.6) is 0 Å². The molecule has 1 aliphatic carbocycles. The monoisotopic (exact) mass is 238 g/mol. The van der Waals surface area contributed by atoms with Crippen LogP contribution >= 0.6 is 11.3 Å². The second kappa shape index (κ2) is 4.82. The Hall–Kier alpha value is -0.450. The molecule has 2 heterocycles. The molecule has 0 spiro atoms. The minimum atomic E-state index is 0.528. The molecule has 1 saturated carbocycles. The molecule has 1 saturated heterocycles. The van der Waals surface area contributed by atoms with E-state index >= 15 is 0 Å². The second-order valence-electron chi connectivity index (χ2n) is 4.75. The first-order valence-corrected chi connectivity index (χ1v) is 7.05. The minimum Gasteiger partial charge on any atom is -0.380 e. The van der Waals surface area contributed by atoms with Crippen LogP contribution < -0.4 is 5.32 Å². The molecule has 0 radical (unpaired) electrons. The quantitative estimate of drug-likeness (QED) is 0.874. The molecule has 3 nitrogen and oxygen atoms in total. The van der Waals surface area contributed by atoms with Gasteiger partial charge >= 0.3 is 0 Å². The van der Waals surface area contributed by atoms with Crippen LogP contribution in [0.4, 0.5) is 0 Å². The van der Waals surface area contributed by atoms with Crippen molar-refractivity contribution in [1.82, 2.24) is 10.3 Å². The zero-order chi connectivity index (χ0) is 10.8. The molecule has 1 unspecified atom stereocenters. The van der Waals surface area contributed by atoms with Gasteiger partial charge in [-0.2, -0.15) is 0 Å². The summed E-state index contributed by atoms with van der Waals surface area (Å²) in [6, 6.07) is 0.528. The molecule has 1 N–H and O–H groups in total. The highest BCUT2D eigenvalue weighted by Crippen LogP contribution is 2.41. The zero-order valence-corrected chi connectivity index (χ0v) is 10.3. The molecule has 0 aromatic carbocycles. The topological polar surface area (TPSA) is 34.2 Å². The van der Waals surface area contributed by atoms with Gasteiger partial charge in [0.25, 0.3) is 0 Å². The molecule has 3 rings (SSSR count). The van der Waals surface area contributed by atoms with Crippen molar-refractivity contribution >= 4 is 11.3 Å². The molecule has 2 aliphatic rings. The third-order valence-electron chi connectivity index (χ3n) is 3.23. The number of hydrogen-bond acceptors (Lipinski definition) is 4. The number of thiazole rings is 1. The Labute approximate surface area is 100 Å². The van der Waals surface area contributed by atoms with Crippen molar-refractivity contribution in [2.75, 3.05) is 13.2 Å². The number of aromatic nitrogens is 1. The number of hydrogen-bond donors (Lipinski definition) is 1. The molecule has 0 bridgehead atoms. The Bertz CT molecular complexity index is 343. The lowest BCUT2D eigenvalue weighted by molar-refractivity contribution is 0.0698. The van der Waals surface area contributed by atoms with Gasteiger partial charge in [-0.05, 0) is 25.7 Å². The maximum Gasteiger partial charge on any atom is 0.0959 e. The van der Waals surface area contributed by atoms with Crippen LogP contribution in [0.1, 0.15) is 42.3 Å². The second-order valence-corrected chi connectivity index (χ2v) is 5.64. The predicted octanol–water partition coefficient (Wildman–Crippen LogP) is 2.29. The maximum absolute atomic E-state index is 5.44. The van der Waals surface area contributed by atoms with Crippen molar-refractivity contribution in [1.29, 1.82) is 0 Å². The van der Waals surface area contributed by atoms with E-state index in [0.29, 0.717) is 6.04 Å². The van der Waals surface area contributed by atoms with E-state index in [1.165, 1.54) is 36.4 Å². The summed E-state index contributed by atoms with van der Waals surface area (Å²) in [5, 5.41) is 7.07. The highest BCUT2D eigenvalue weighted by atomic mass is 32.1. The van der Waals surface area contributed by atoms with Gasteiger partial charge in [0.05, 0.1) is 17.3 Å². The van der Waals surface area contributed by atoms with Crippen molar-refractivity contribution < 1.29 is 4.74 Å². The van der Waals surface area contributed by atoms with E-state index in [2.05, 4.69) is 15.7 Å². The Kier molecular flexibility index (Phi) is 3.22.